The Morgan fingerprint density at radius 3 is 2.57 bits per heavy atom. The summed E-state index contributed by atoms with van der Waals surface area (Å²) in [5.74, 6) is 0.234. The number of likely N-dealkylation sites (tertiary alicyclic amines) is 1. The first kappa shape index (κ1) is 16.3. The smallest absolute Gasteiger partial charge is 0.315 e. The fourth-order valence-corrected chi connectivity index (χ4v) is 4.93. The Balaban J connectivity index is 1.42. The number of rotatable bonds is 4. The highest BCUT2D eigenvalue weighted by Gasteiger charge is 2.30. The van der Waals surface area contributed by atoms with Crippen molar-refractivity contribution in [3.05, 3.63) is 35.9 Å². The lowest BCUT2D eigenvalue weighted by Gasteiger charge is -2.18. The molecule has 2 aliphatic rings. The van der Waals surface area contributed by atoms with Gasteiger partial charge in [0, 0.05) is 31.7 Å². The number of hydrogen-bond acceptors (Lipinski definition) is 4. The predicted octanol–water partition coefficient (Wildman–Crippen LogP) is 0.747. The maximum Gasteiger partial charge on any atom is 0.315 e. The molecule has 0 unspecified atom stereocenters. The second kappa shape index (κ2) is 6.88. The van der Waals surface area contributed by atoms with E-state index in [0.717, 1.165) is 26.1 Å². The van der Waals surface area contributed by atoms with E-state index >= 15 is 0 Å². The van der Waals surface area contributed by atoms with Gasteiger partial charge in [0.05, 0.1) is 11.5 Å². The van der Waals surface area contributed by atoms with Crippen LogP contribution in [0.15, 0.2) is 30.3 Å². The summed E-state index contributed by atoms with van der Waals surface area (Å²) in [5.41, 5.74) is 1.27. The van der Waals surface area contributed by atoms with Gasteiger partial charge in [-0.1, -0.05) is 30.3 Å². The van der Waals surface area contributed by atoms with Crippen molar-refractivity contribution in [2.45, 2.75) is 31.5 Å². The molecule has 23 heavy (non-hydrogen) atoms. The summed E-state index contributed by atoms with van der Waals surface area (Å²) in [5, 5.41) is 5.74. The molecule has 2 atom stereocenters. The molecule has 126 valence electrons. The van der Waals surface area contributed by atoms with Crippen LogP contribution in [0.5, 0.6) is 0 Å². The lowest BCUT2D eigenvalue weighted by molar-refractivity contribution is 0.233. The second-order valence-corrected chi connectivity index (χ2v) is 8.65. The summed E-state index contributed by atoms with van der Waals surface area (Å²) >= 11 is 0. The first-order chi connectivity index (χ1) is 11.0. The number of urea groups is 1. The molecular formula is C16H23N3O3S. The van der Waals surface area contributed by atoms with Crippen molar-refractivity contribution in [3.8, 4) is 0 Å². The largest absolute Gasteiger partial charge is 0.334 e. The number of hydrogen-bond donors (Lipinski definition) is 2. The number of benzene rings is 1. The zero-order valence-electron chi connectivity index (χ0n) is 13.1. The van der Waals surface area contributed by atoms with Crippen LogP contribution in [-0.4, -0.2) is 56.0 Å². The Kier molecular flexibility index (Phi) is 4.87. The molecule has 2 amide bonds. The predicted molar refractivity (Wildman–Crippen MR) is 88.9 cm³/mol. The Morgan fingerprint density at radius 1 is 1.13 bits per heavy atom. The Morgan fingerprint density at radius 2 is 1.87 bits per heavy atom. The molecular weight excluding hydrogens is 314 g/mol. The van der Waals surface area contributed by atoms with Gasteiger partial charge in [-0.15, -0.1) is 0 Å². The van der Waals surface area contributed by atoms with E-state index < -0.39 is 9.84 Å². The lowest BCUT2D eigenvalue weighted by Crippen LogP contribution is -2.47. The number of amides is 2. The number of nitrogens with zero attached hydrogens (tertiary/aromatic N) is 1. The normalized spacial score (nSPS) is 27.0. The summed E-state index contributed by atoms with van der Waals surface area (Å²) in [6.07, 6.45) is 1.43. The van der Waals surface area contributed by atoms with E-state index in [1.165, 1.54) is 5.56 Å². The molecule has 6 nitrogen and oxygen atoms in total. The third-order valence-corrected chi connectivity index (χ3v) is 6.19. The van der Waals surface area contributed by atoms with Gasteiger partial charge in [-0.2, -0.15) is 0 Å². The quantitative estimate of drug-likeness (QED) is 0.850. The van der Waals surface area contributed by atoms with Crippen molar-refractivity contribution < 1.29 is 13.2 Å². The summed E-state index contributed by atoms with van der Waals surface area (Å²) in [6, 6.07) is 9.90. The molecule has 0 aromatic heterocycles. The van der Waals surface area contributed by atoms with Crippen molar-refractivity contribution in [2.75, 3.05) is 24.6 Å². The number of sulfone groups is 1. The van der Waals surface area contributed by atoms with E-state index in [0.29, 0.717) is 6.42 Å². The first-order valence-corrected chi connectivity index (χ1v) is 9.86. The third kappa shape index (κ3) is 4.68. The van der Waals surface area contributed by atoms with Gasteiger partial charge in [-0.05, 0) is 18.4 Å². The first-order valence-electron chi connectivity index (χ1n) is 8.04. The average molecular weight is 337 g/mol. The Bertz CT molecular complexity index is 648. The van der Waals surface area contributed by atoms with Gasteiger partial charge in [-0.3, -0.25) is 4.90 Å². The topological polar surface area (TPSA) is 78.5 Å². The zero-order chi connectivity index (χ0) is 16.3. The standard InChI is InChI=1S/C16H23N3O3S/c20-16(18-15-7-9-23(21,22)12-15)17-14-6-8-19(11-14)10-13-4-2-1-3-5-13/h1-5,14-15H,6-12H2,(H2,17,18,20)/t14-,15-/m1/s1. The fourth-order valence-electron chi connectivity index (χ4n) is 3.26. The minimum absolute atomic E-state index is 0.0607. The number of carbonyl (C=O) groups excluding carboxylic acids is 1. The van der Waals surface area contributed by atoms with Gasteiger partial charge in [-0.25, -0.2) is 13.2 Å². The van der Waals surface area contributed by atoms with E-state index in [-0.39, 0.29) is 29.6 Å². The van der Waals surface area contributed by atoms with Crippen LogP contribution in [0.2, 0.25) is 0 Å². The molecule has 1 aromatic carbocycles. The van der Waals surface area contributed by atoms with Crippen LogP contribution in [0.4, 0.5) is 4.79 Å². The van der Waals surface area contributed by atoms with Crippen molar-refractivity contribution in [1.29, 1.82) is 0 Å². The summed E-state index contributed by atoms with van der Waals surface area (Å²) < 4.78 is 22.8. The molecule has 2 heterocycles. The van der Waals surface area contributed by atoms with Crippen LogP contribution < -0.4 is 10.6 Å². The Hall–Kier alpha value is -1.60. The van der Waals surface area contributed by atoms with Crippen LogP contribution in [0.25, 0.3) is 0 Å². The van der Waals surface area contributed by atoms with Crippen LogP contribution in [-0.2, 0) is 16.4 Å². The van der Waals surface area contributed by atoms with Crippen molar-refractivity contribution in [1.82, 2.24) is 15.5 Å². The lowest BCUT2D eigenvalue weighted by atomic mass is 10.2. The maximum atomic E-state index is 12.0. The van der Waals surface area contributed by atoms with Crippen LogP contribution >= 0.6 is 0 Å². The second-order valence-electron chi connectivity index (χ2n) is 6.42. The van der Waals surface area contributed by atoms with Gasteiger partial charge in [0.1, 0.15) is 0 Å². The average Bonchev–Trinajstić information content (AvgIpc) is 3.06. The van der Waals surface area contributed by atoms with E-state index in [4.69, 9.17) is 0 Å². The minimum atomic E-state index is -2.96. The minimum Gasteiger partial charge on any atom is -0.334 e. The number of carbonyl (C=O) groups is 1. The highest BCUT2D eigenvalue weighted by atomic mass is 32.2. The van der Waals surface area contributed by atoms with Gasteiger partial charge in [0.15, 0.2) is 9.84 Å². The molecule has 2 aliphatic heterocycles. The maximum absolute atomic E-state index is 12.0. The van der Waals surface area contributed by atoms with Crippen LogP contribution in [0.3, 0.4) is 0 Å². The van der Waals surface area contributed by atoms with Gasteiger partial charge < -0.3 is 10.6 Å². The van der Waals surface area contributed by atoms with E-state index in [2.05, 4.69) is 27.7 Å². The molecule has 0 aliphatic carbocycles. The molecule has 0 saturated carbocycles. The molecule has 2 saturated heterocycles. The summed E-state index contributed by atoms with van der Waals surface area (Å²) in [4.78, 5) is 14.3. The van der Waals surface area contributed by atoms with E-state index in [1.807, 2.05) is 18.2 Å². The van der Waals surface area contributed by atoms with Gasteiger partial charge >= 0.3 is 6.03 Å². The van der Waals surface area contributed by atoms with E-state index in [9.17, 15) is 13.2 Å². The zero-order valence-corrected chi connectivity index (χ0v) is 13.9. The number of nitrogens with one attached hydrogen (secondary N) is 2. The molecule has 7 heteroatoms. The molecule has 1 aromatic rings. The molecule has 2 fully saturated rings. The van der Waals surface area contributed by atoms with Gasteiger partial charge in [0.25, 0.3) is 0 Å². The van der Waals surface area contributed by atoms with Crippen molar-refractivity contribution >= 4 is 15.9 Å². The SMILES string of the molecule is O=C(N[C@@H]1CCN(Cc2ccccc2)C1)N[C@@H]1CCS(=O)(=O)C1. The fraction of sp³-hybridized carbons (Fsp3) is 0.562. The van der Waals surface area contributed by atoms with Crippen LogP contribution in [0, 0.1) is 0 Å². The van der Waals surface area contributed by atoms with E-state index in [1.54, 1.807) is 0 Å². The van der Waals surface area contributed by atoms with Crippen molar-refractivity contribution in [2.24, 2.45) is 0 Å². The van der Waals surface area contributed by atoms with Gasteiger partial charge in [0.2, 0.25) is 0 Å². The summed E-state index contributed by atoms with van der Waals surface area (Å²) in [7, 11) is -2.96. The highest BCUT2D eigenvalue weighted by Crippen LogP contribution is 2.14. The van der Waals surface area contributed by atoms with Crippen LogP contribution in [0.1, 0.15) is 18.4 Å². The van der Waals surface area contributed by atoms with Crippen molar-refractivity contribution in [3.63, 3.8) is 0 Å². The Labute approximate surface area is 137 Å². The third-order valence-electron chi connectivity index (χ3n) is 4.42. The molecule has 0 bridgehead atoms. The summed E-state index contributed by atoms with van der Waals surface area (Å²) in [6.45, 7) is 2.67. The molecule has 2 N–H and O–H groups in total. The molecule has 0 radical (unpaired) electrons. The molecule has 0 spiro atoms. The molecule has 3 rings (SSSR count). The highest BCUT2D eigenvalue weighted by molar-refractivity contribution is 7.91. The monoisotopic (exact) mass is 337 g/mol.